The highest BCUT2D eigenvalue weighted by atomic mass is 16.5. The summed E-state index contributed by atoms with van der Waals surface area (Å²) in [5.41, 5.74) is 0. The van der Waals surface area contributed by atoms with Crippen LogP contribution in [0.2, 0.25) is 0 Å². The number of hydrogen-bond donors (Lipinski definition) is 3. The maximum atomic E-state index is 12.5. The molecule has 2 atom stereocenters. The fourth-order valence-electron chi connectivity index (χ4n) is 9.01. The van der Waals surface area contributed by atoms with E-state index in [0.29, 0.717) is 32.3 Å². The van der Waals surface area contributed by atoms with Crippen molar-refractivity contribution in [1.82, 2.24) is 5.32 Å². The number of aliphatic hydroxyl groups is 2. The maximum absolute atomic E-state index is 12.5. The highest BCUT2D eigenvalue weighted by Gasteiger charge is 2.19. The molecule has 0 aliphatic carbocycles. The van der Waals surface area contributed by atoms with Crippen molar-refractivity contribution in [2.24, 2.45) is 0 Å². The summed E-state index contributed by atoms with van der Waals surface area (Å²) in [7, 11) is 0. The number of unbranched alkanes of at least 4 members (excludes halogenated alkanes) is 36. The largest absolute Gasteiger partial charge is 0.466 e. The Labute approximate surface area is 423 Å². The molecule has 68 heavy (non-hydrogen) atoms. The molecule has 0 fully saturated rings. The van der Waals surface area contributed by atoms with Crippen molar-refractivity contribution < 1.29 is 24.5 Å². The van der Waals surface area contributed by atoms with E-state index in [9.17, 15) is 19.8 Å². The van der Waals surface area contributed by atoms with Crippen LogP contribution in [0.1, 0.15) is 309 Å². The molecule has 0 radical (unpaired) electrons. The molecular formula is C62H115NO5. The minimum atomic E-state index is -0.702. The van der Waals surface area contributed by atoms with Gasteiger partial charge in [0.25, 0.3) is 0 Å². The zero-order valence-electron chi connectivity index (χ0n) is 45.3. The molecular weight excluding hydrogens is 839 g/mol. The maximum Gasteiger partial charge on any atom is 0.305 e. The molecule has 0 rings (SSSR count). The number of carbonyl (C=O) groups is 2. The van der Waals surface area contributed by atoms with Gasteiger partial charge >= 0.3 is 5.97 Å². The number of nitrogens with one attached hydrogen (secondary N) is 1. The molecule has 0 spiro atoms. The number of carbonyl (C=O) groups excluding carboxylic acids is 2. The van der Waals surface area contributed by atoms with Crippen LogP contribution in [0.4, 0.5) is 0 Å². The van der Waals surface area contributed by atoms with Crippen molar-refractivity contribution in [3.63, 3.8) is 0 Å². The fraction of sp³-hybridized carbons (Fsp3) is 0.839. The Morgan fingerprint density at radius 3 is 1.16 bits per heavy atom. The molecule has 3 N–H and O–H groups in total. The van der Waals surface area contributed by atoms with E-state index < -0.39 is 12.1 Å². The predicted octanol–water partition coefficient (Wildman–Crippen LogP) is 18.6. The van der Waals surface area contributed by atoms with Crippen LogP contribution in [-0.2, 0) is 14.3 Å². The Morgan fingerprint density at radius 2 is 0.750 bits per heavy atom. The van der Waals surface area contributed by atoms with E-state index in [2.05, 4.69) is 61.7 Å². The zero-order valence-corrected chi connectivity index (χ0v) is 45.3. The third kappa shape index (κ3) is 53.2. The number of aliphatic hydroxyl groups excluding tert-OH is 2. The van der Waals surface area contributed by atoms with Gasteiger partial charge in [0.2, 0.25) is 5.91 Å². The van der Waals surface area contributed by atoms with Crippen molar-refractivity contribution in [1.29, 1.82) is 0 Å². The molecule has 6 nitrogen and oxygen atoms in total. The average molecular weight is 955 g/mol. The third-order valence-electron chi connectivity index (χ3n) is 13.6. The normalized spacial score (nSPS) is 12.9. The minimum absolute atomic E-state index is 0.0303. The van der Waals surface area contributed by atoms with E-state index in [1.165, 1.54) is 205 Å². The first-order chi connectivity index (χ1) is 33.5. The number of hydrogen-bond acceptors (Lipinski definition) is 5. The predicted molar refractivity (Wildman–Crippen MR) is 296 cm³/mol. The smallest absolute Gasteiger partial charge is 0.305 e. The Morgan fingerprint density at radius 1 is 0.412 bits per heavy atom. The Kier molecular flexibility index (Phi) is 55.6. The first kappa shape index (κ1) is 65.8. The molecule has 0 saturated heterocycles. The van der Waals surface area contributed by atoms with Crippen LogP contribution in [0.3, 0.4) is 0 Å². The molecule has 0 aromatic carbocycles. The summed E-state index contributed by atoms with van der Waals surface area (Å²) < 4.78 is 5.46. The number of esters is 1. The van der Waals surface area contributed by atoms with Gasteiger partial charge in [0.1, 0.15) is 0 Å². The van der Waals surface area contributed by atoms with Gasteiger partial charge in [-0.3, -0.25) is 9.59 Å². The topological polar surface area (TPSA) is 95.9 Å². The van der Waals surface area contributed by atoms with Crippen LogP contribution in [0.25, 0.3) is 0 Å². The Bertz CT molecular complexity index is 1150. The van der Waals surface area contributed by atoms with Crippen LogP contribution >= 0.6 is 0 Å². The molecule has 0 aliphatic heterocycles. The van der Waals surface area contributed by atoms with Crippen LogP contribution < -0.4 is 5.32 Å². The molecule has 1 amide bonds. The number of rotatable bonds is 55. The molecule has 0 aromatic rings. The summed E-state index contributed by atoms with van der Waals surface area (Å²) in [4.78, 5) is 24.5. The van der Waals surface area contributed by atoms with Crippen LogP contribution in [0, 0.1) is 0 Å². The lowest BCUT2D eigenvalue weighted by Crippen LogP contribution is -2.45. The highest BCUT2D eigenvalue weighted by molar-refractivity contribution is 5.76. The Hall–Kier alpha value is -2.18. The zero-order chi connectivity index (χ0) is 49.3. The fourth-order valence-corrected chi connectivity index (χ4v) is 9.01. The summed E-state index contributed by atoms with van der Waals surface area (Å²) in [6.07, 6.45) is 72.6. The van der Waals surface area contributed by atoms with Gasteiger partial charge in [-0.1, -0.05) is 268 Å². The quantitative estimate of drug-likeness (QED) is 0.0321. The van der Waals surface area contributed by atoms with Gasteiger partial charge in [0.15, 0.2) is 0 Å². The van der Waals surface area contributed by atoms with Gasteiger partial charge in [-0.2, -0.15) is 0 Å². The van der Waals surface area contributed by atoms with E-state index in [4.69, 9.17) is 4.74 Å². The molecule has 0 heterocycles. The van der Waals surface area contributed by atoms with Crippen molar-refractivity contribution in [3.05, 3.63) is 48.6 Å². The second-order valence-electron chi connectivity index (χ2n) is 20.3. The van der Waals surface area contributed by atoms with Gasteiger partial charge in [-0.05, 0) is 77.0 Å². The molecule has 0 saturated carbocycles. The van der Waals surface area contributed by atoms with E-state index in [1.54, 1.807) is 0 Å². The second-order valence-corrected chi connectivity index (χ2v) is 20.3. The van der Waals surface area contributed by atoms with Crippen molar-refractivity contribution in [2.45, 2.75) is 321 Å². The van der Waals surface area contributed by atoms with Gasteiger partial charge < -0.3 is 20.3 Å². The van der Waals surface area contributed by atoms with E-state index in [-0.39, 0.29) is 18.5 Å². The number of allylic oxidation sites excluding steroid dienone is 8. The first-order valence-electron chi connectivity index (χ1n) is 29.9. The molecule has 398 valence electrons. The molecule has 6 heteroatoms. The minimum Gasteiger partial charge on any atom is -0.466 e. The summed E-state index contributed by atoms with van der Waals surface area (Å²) in [5, 5.41) is 23.3. The Balaban J connectivity index is 3.54. The van der Waals surface area contributed by atoms with Gasteiger partial charge in [-0.15, -0.1) is 0 Å². The van der Waals surface area contributed by atoms with E-state index in [1.807, 2.05) is 6.08 Å². The average Bonchev–Trinajstić information content (AvgIpc) is 3.34. The van der Waals surface area contributed by atoms with Crippen LogP contribution in [0.15, 0.2) is 48.6 Å². The van der Waals surface area contributed by atoms with Crippen molar-refractivity contribution in [3.8, 4) is 0 Å². The number of ether oxygens (including phenoxy) is 1. The lowest BCUT2D eigenvalue weighted by Gasteiger charge is -2.22. The van der Waals surface area contributed by atoms with E-state index in [0.717, 1.165) is 64.2 Å². The van der Waals surface area contributed by atoms with Crippen molar-refractivity contribution in [2.75, 3.05) is 13.2 Å². The standard InChI is InChI=1S/C62H115NO5/c1-3-5-7-9-11-13-15-17-19-21-22-23-24-25-26-27-30-34-38-42-46-50-54-60(65)59(58-64)63-61(66)55-51-47-43-39-35-31-29-33-37-41-45-49-53-57-68-62(67)56-52-48-44-40-36-32-28-20-18-16-14-12-10-8-6-4-2/h14,16,20,28,31,35,43,47,59-60,64-65H,3-13,15,17-19,21-27,29-30,32-34,36-42,44-46,48-58H2,1-2H3,(H,63,66)/b16-14-,28-20-,35-31-,47-43-. The summed E-state index contributed by atoms with van der Waals surface area (Å²) in [5.74, 6) is -0.145. The number of amides is 1. The third-order valence-corrected chi connectivity index (χ3v) is 13.6. The second kappa shape index (κ2) is 57.4. The van der Waals surface area contributed by atoms with Gasteiger partial charge in [0.05, 0.1) is 25.4 Å². The first-order valence-corrected chi connectivity index (χ1v) is 29.9. The van der Waals surface area contributed by atoms with E-state index >= 15 is 0 Å². The highest BCUT2D eigenvalue weighted by Crippen LogP contribution is 2.17. The molecule has 0 bridgehead atoms. The molecule has 0 aromatic heterocycles. The lowest BCUT2D eigenvalue weighted by atomic mass is 10.0. The van der Waals surface area contributed by atoms with Gasteiger partial charge in [-0.25, -0.2) is 0 Å². The van der Waals surface area contributed by atoms with Gasteiger partial charge in [0, 0.05) is 12.8 Å². The summed E-state index contributed by atoms with van der Waals surface area (Å²) in [6.45, 7) is 4.88. The van der Waals surface area contributed by atoms with Crippen molar-refractivity contribution >= 4 is 11.9 Å². The summed E-state index contributed by atoms with van der Waals surface area (Å²) >= 11 is 0. The van der Waals surface area contributed by atoms with Crippen LogP contribution in [0.5, 0.6) is 0 Å². The monoisotopic (exact) mass is 954 g/mol. The summed E-state index contributed by atoms with van der Waals surface area (Å²) in [6, 6.07) is -0.588. The molecule has 2 unspecified atom stereocenters. The lowest BCUT2D eigenvalue weighted by molar-refractivity contribution is -0.143. The molecule has 0 aliphatic rings. The SMILES string of the molecule is CCCCCC/C=C\C/C=C\CCCCCCCC(=O)OCCCCCCCC/C=C\C/C=C\CCC(=O)NC(CO)C(O)CCCCCCCCCCCCCCCCCCCCCCCC. The van der Waals surface area contributed by atoms with Crippen LogP contribution in [-0.4, -0.2) is 47.4 Å².